The third-order valence-corrected chi connectivity index (χ3v) is 5.11. The van der Waals surface area contributed by atoms with Crippen LogP contribution in [0.3, 0.4) is 0 Å². The lowest BCUT2D eigenvalue weighted by atomic mass is 9.98. The summed E-state index contributed by atoms with van der Waals surface area (Å²) in [6.07, 6.45) is 4.77. The number of nitrogens with zero attached hydrogens (tertiary/aromatic N) is 1. The maximum Gasteiger partial charge on any atom is 0.254 e. The first-order chi connectivity index (χ1) is 9.02. The van der Waals surface area contributed by atoms with E-state index in [0.717, 1.165) is 41.5 Å². The van der Waals surface area contributed by atoms with Crippen molar-refractivity contribution in [2.45, 2.75) is 46.5 Å². The van der Waals surface area contributed by atoms with Gasteiger partial charge in [0.25, 0.3) is 5.91 Å². The average molecular weight is 324 g/mol. The van der Waals surface area contributed by atoms with Gasteiger partial charge in [0.05, 0.1) is 0 Å². The van der Waals surface area contributed by atoms with Crippen LogP contribution in [0.1, 0.15) is 52.7 Å². The number of hydrogen-bond acceptors (Lipinski definition) is 1. The van der Waals surface area contributed by atoms with E-state index in [2.05, 4.69) is 36.7 Å². The van der Waals surface area contributed by atoms with Gasteiger partial charge >= 0.3 is 0 Å². The summed E-state index contributed by atoms with van der Waals surface area (Å²) >= 11 is 3.57. The fourth-order valence-corrected chi connectivity index (χ4v) is 3.20. The van der Waals surface area contributed by atoms with Crippen LogP contribution in [0.15, 0.2) is 10.5 Å². The number of halogens is 1. The molecule has 1 fully saturated rings. The second-order valence-electron chi connectivity index (χ2n) is 5.49. The van der Waals surface area contributed by atoms with Crippen molar-refractivity contribution in [1.82, 2.24) is 4.90 Å². The quantitative estimate of drug-likeness (QED) is 0.750. The van der Waals surface area contributed by atoms with E-state index in [4.69, 9.17) is 0 Å². The highest BCUT2D eigenvalue weighted by molar-refractivity contribution is 9.10. The molecule has 0 bridgehead atoms. The molecule has 1 saturated heterocycles. The summed E-state index contributed by atoms with van der Waals surface area (Å²) in [6.45, 7) is 8.05. The molecule has 0 aliphatic carbocycles. The molecule has 1 aromatic rings. The second kappa shape index (κ2) is 6.08. The zero-order chi connectivity index (χ0) is 14.0. The fraction of sp³-hybridized carbons (Fsp3) is 0.562. The van der Waals surface area contributed by atoms with Crippen molar-refractivity contribution in [2.75, 3.05) is 13.1 Å². The summed E-state index contributed by atoms with van der Waals surface area (Å²) in [7, 11) is 0. The highest BCUT2D eigenvalue weighted by Gasteiger charge is 2.20. The first kappa shape index (κ1) is 14.6. The Labute approximate surface area is 124 Å². The van der Waals surface area contributed by atoms with Gasteiger partial charge in [0, 0.05) is 23.1 Å². The molecule has 0 radical (unpaired) electrons. The molecule has 3 heteroatoms. The first-order valence-corrected chi connectivity index (χ1v) is 7.87. The molecule has 0 N–H and O–H groups in total. The topological polar surface area (TPSA) is 20.3 Å². The second-order valence-corrected chi connectivity index (χ2v) is 6.34. The zero-order valence-corrected chi connectivity index (χ0v) is 13.6. The van der Waals surface area contributed by atoms with Crippen LogP contribution in [-0.2, 0) is 0 Å². The van der Waals surface area contributed by atoms with Gasteiger partial charge in [-0.25, -0.2) is 0 Å². The minimum Gasteiger partial charge on any atom is -0.339 e. The Morgan fingerprint density at radius 3 is 2.16 bits per heavy atom. The van der Waals surface area contributed by atoms with Crippen LogP contribution in [0.25, 0.3) is 0 Å². The highest BCUT2D eigenvalue weighted by atomic mass is 79.9. The third-order valence-electron chi connectivity index (χ3n) is 4.28. The Bertz CT molecular complexity index is 488. The Balaban J connectivity index is 2.33. The lowest BCUT2D eigenvalue weighted by molar-refractivity contribution is 0.0760. The average Bonchev–Trinajstić information content (AvgIpc) is 2.68. The molecule has 2 nitrogen and oxygen atoms in total. The molecule has 1 aromatic carbocycles. The minimum atomic E-state index is 0.197. The Kier molecular flexibility index (Phi) is 4.67. The van der Waals surface area contributed by atoms with Crippen molar-refractivity contribution in [1.29, 1.82) is 0 Å². The standard InChI is InChI=1S/C16H22BrNO/c1-11-12(2)14(10-15(17)13(11)3)16(19)18-8-6-4-5-7-9-18/h10H,4-9H2,1-3H3. The Morgan fingerprint density at radius 1 is 1.00 bits per heavy atom. The van der Waals surface area contributed by atoms with Crippen LogP contribution in [0.5, 0.6) is 0 Å². The molecule has 0 aromatic heterocycles. The lowest BCUT2D eigenvalue weighted by Gasteiger charge is -2.22. The van der Waals surface area contributed by atoms with Crippen LogP contribution in [0.4, 0.5) is 0 Å². The van der Waals surface area contributed by atoms with Crippen molar-refractivity contribution in [3.05, 3.63) is 32.8 Å². The van der Waals surface area contributed by atoms with E-state index >= 15 is 0 Å². The largest absolute Gasteiger partial charge is 0.339 e. The van der Waals surface area contributed by atoms with Crippen LogP contribution in [0, 0.1) is 20.8 Å². The van der Waals surface area contributed by atoms with Crippen molar-refractivity contribution in [3.8, 4) is 0 Å². The Morgan fingerprint density at radius 2 is 1.58 bits per heavy atom. The smallest absolute Gasteiger partial charge is 0.254 e. The molecule has 1 aliphatic rings. The first-order valence-electron chi connectivity index (χ1n) is 7.08. The van der Waals surface area contributed by atoms with Crippen molar-refractivity contribution in [2.24, 2.45) is 0 Å². The normalized spacial score (nSPS) is 16.3. The lowest BCUT2D eigenvalue weighted by Crippen LogP contribution is -2.32. The number of likely N-dealkylation sites (tertiary alicyclic amines) is 1. The minimum absolute atomic E-state index is 0.197. The maximum absolute atomic E-state index is 12.7. The van der Waals surface area contributed by atoms with E-state index in [-0.39, 0.29) is 5.91 Å². The molecule has 0 unspecified atom stereocenters. The van der Waals surface area contributed by atoms with Gasteiger partial charge in [-0.15, -0.1) is 0 Å². The van der Waals surface area contributed by atoms with Crippen molar-refractivity contribution < 1.29 is 4.79 Å². The summed E-state index contributed by atoms with van der Waals surface area (Å²) in [5.74, 6) is 0.197. The molecular weight excluding hydrogens is 302 g/mol. The van der Waals surface area contributed by atoms with E-state index in [0.29, 0.717) is 0 Å². The Hall–Kier alpha value is -0.830. The fourth-order valence-electron chi connectivity index (χ4n) is 2.67. The van der Waals surface area contributed by atoms with Gasteiger partial charge in [-0.05, 0) is 56.4 Å². The summed E-state index contributed by atoms with van der Waals surface area (Å²) in [4.78, 5) is 14.7. The third kappa shape index (κ3) is 3.02. The molecule has 0 spiro atoms. The van der Waals surface area contributed by atoms with Crippen LogP contribution >= 0.6 is 15.9 Å². The maximum atomic E-state index is 12.7. The number of benzene rings is 1. The van der Waals surface area contributed by atoms with Crippen molar-refractivity contribution in [3.63, 3.8) is 0 Å². The zero-order valence-electron chi connectivity index (χ0n) is 12.1. The van der Waals surface area contributed by atoms with Crippen molar-refractivity contribution >= 4 is 21.8 Å². The molecule has 1 heterocycles. The molecule has 1 amide bonds. The van der Waals surface area contributed by atoms with Crippen LogP contribution in [0.2, 0.25) is 0 Å². The van der Waals surface area contributed by atoms with E-state index in [1.807, 2.05) is 11.0 Å². The molecular formula is C16H22BrNO. The molecule has 0 atom stereocenters. The predicted molar refractivity (Wildman–Crippen MR) is 82.7 cm³/mol. The van der Waals surface area contributed by atoms with E-state index < -0.39 is 0 Å². The molecule has 19 heavy (non-hydrogen) atoms. The summed E-state index contributed by atoms with van der Waals surface area (Å²) in [6, 6.07) is 1.99. The van der Waals surface area contributed by atoms with Gasteiger partial charge in [-0.2, -0.15) is 0 Å². The summed E-state index contributed by atoms with van der Waals surface area (Å²) in [5, 5.41) is 0. The van der Waals surface area contributed by atoms with E-state index in [9.17, 15) is 4.79 Å². The summed E-state index contributed by atoms with van der Waals surface area (Å²) in [5.41, 5.74) is 4.42. The van der Waals surface area contributed by atoms with Gasteiger partial charge in [-0.3, -0.25) is 4.79 Å². The number of hydrogen-bond donors (Lipinski definition) is 0. The van der Waals surface area contributed by atoms with Gasteiger partial charge < -0.3 is 4.90 Å². The van der Waals surface area contributed by atoms with Gasteiger partial charge in [0.1, 0.15) is 0 Å². The number of carbonyl (C=O) groups is 1. The predicted octanol–water partition coefficient (Wildman–Crippen LogP) is 4.39. The molecule has 0 saturated carbocycles. The van der Waals surface area contributed by atoms with Gasteiger partial charge in [0.2, 0.25) is 0 Å². The number of carbonyl (C=O) groups excluding carboxylic acids is 1. The van der Waals surface area contributed by atoms with E-state index in [1.165, 1.54) is 24.0 Å². The monoisotopic (exact) mass is 323 g/mol. The molecule has 1 aliphatic heterocycles. The van der Waals surface area contributed by atoms with Gasteiger partial charge in [0.15, 0.2) is 0 Å². The summed E-state index contributed by atoms with van der Waals surface area (Å²) < 4.78 is 1.04. The van der Waals surface area contributed by atoms with Gasteiger partial charge in [-0.1, -0.05) is 28.8 Å². The molecule has 104 valence electrons. The number of rotatable bonds is 1. The van der Waals surface area contributed by atoms with Crippen LogP contribution < -0.4 is 0 Å². The highest BCUT2D eigenvalue weighted by Crippen LogP contribution is 2.27. The van der Waals surface area contributed by atoms with Crippen LogP contribution in [-0.4, -0.2) is 23.9 Å². The SMILES string of the molecule is Cc1c(Br)cc(C(=O)N2CCCCCC2)c(C)c1C. The number of amides is 1. The van der Waals surface area contributed by atoms with E-state index in [1.54, 1.807) is 0 Å². The molecule has 2 rings (SSSR count).